The predicted molar refractivity (Wildman–Crippen MR) is 127 cm³/mol. The molecule has 5 nitrogen and oxygen atoms in total. The summed E-state index contributed by atoms with van der Waals surface area (Å²) in [7, 11) is 0. The highest BCUT2D eigenvalue weighted by atomic mass is 16.5. The number of aliphatic carboxylic acids is 1. The maximum Gasteiger partial charge on any atom is 0.322 e. The number of nitrogens with two attached hydrogens (primary N) is 1. The first-order chi connectivity index (χ1) is 16.1. The molecule has 5 heteroatoms. The molecule has 164 valence electrons. The monoisotopic (exact) mass is 437 g/mol. The molecule has 5 rings (SSSR count). The summed E-state index contributed by atoms with van der Waals surface area (Å²) >= 11 is 0. The molecule has 0 heterocycles. The van der Waals surface area contributed by atoms with Crippen LogP contribution in [0.3, 0.4) is 0 Å². The molecule has 4 aromatic carbocycles. The van der Waals surface area contributed by atoms with E-state index in [1.54, 1.807) is 6.07 Å². The SMILES string of the molecule is N[C@H](c1cccc2ccccc12)[C@H](C(=O)O)C(=O)OCC1c2ccccc2-c2ccccc21. The largest absolute Gasteiger partial charge is 0.481 e. The number of carbonyl (C=O) groups excluding carboxylic acids is 1. The number of benzene rings is 4. The molecular formula is C28H23NO4. The van der Waals surface area contributed by atoms with Crippen molar-refractivity contribution in [2.75, 3.05) is 6.61 Å². The molecule has 0 aromatic heterocycles. The third-order valence-corrected chi connectivity index (χ3v) is 6.42. The number of ether oxygens (including phenoxy) is 1. The number of hydrogen-bond acceptors (Lipinski definition) is 4. The van der Waals surface area contributed by atoms with Gasteiger partial charge in [-0.25, -0.2) is 0 Å². The van der Waals surface area contributed by atoms with E-state index in [0.717, 1.165) is 33.0 Å². The zero-order chi connectivity index (χ0) is 22.9. The molecule has 0 saturated carbocycles. The molecule has 3 N–H and O–H groups in total. The van der Waals surface area contributed by atoms with Crippen molar-refractivity contribution >= 4 is 22.7 Å². The van der Waals surface area contributed by atoms with Crippen LogP contribution in [0.25, 0.3) is 21.9 Å². The molecule has 1 aliphatic rings. The third-order valence-electron chi connectivity index (χ3n) is 6.42. The van der Waals surface area contributed by atoms with Crippen molar-refractivity contribution < 1.29 is 19.4 Å². The van der Waals surface area contributed by atoms with E-state index >= 15 is 0 Å². The Labute approximate surface area is 191 Å². The van der Waals surface area contributed by atoms with Gasteiger partial charge in [0.05, 0.1) is 6.04 Å². The standard InChI is InChI=1S/C28H23NO4/c29-26(23-15-7-9-17-8-1-2-10-18(17)23)25(27(30)31)28(32)33-16-24-21-13-5-3-11-19(21)20-12-4-6-14-22(20)24/h1-15,24-26H,16,29H2,(H,30,31)/t25-,26-/m1/s1. The van der Waals surface area contributed by atoms with Crippen molar-refractivity contribution in [2.45, 2.75) is 12.0 Å². The van der Waals surface area contributed by atoms with Gasteiger partial charge in [-0.05, 0) is 38.6 Å². The van der Waals surface area contributed by atoms with Crippen LogP contribution in [0, 0.1) is 5.92 Å². The molecule has 0 amide bonds. The van der Waals surface area contributed by atoms with Crippen LogP contribution >= 0.6 is 0 Å². The molecule has 4 aromatic rings. The third kappa shape index (κ3) is 3.66. The van der Waals surface area contributed by atoms with E-state index in [1.807, 2.05) is 84.9 Å². The van der Waals surface area contributed by atoms with Gasteiger partial charge in [-0.1, -0.05) is 91.0 Å². The Morgan fingerprint density at radius 3 is 2.06 bits per heavy atom. The van der Waals surface area contributed by atoms with Gasteiger partial charge in [-0.3, -0.25) is 9.59 Å². The first kappa shape index (κ1) is 20.9. The fourth-order valence-corrected chi connectivity index (χ4v) is 4.82. The Hall–Kier alpha value is -3.96. The molecular weight excluding hydrogens is 414 g/mol. The van der Waals surface area contributed by atoms with Gasteiger partial charge in [0.1, 0.15) is 6.61 Å². The number of carboxylic acid groups (broad SMARTS) is 1. The van der Waals surface area contributed by atoms with E-state index in [2.05, 4.69) is 0 Å². The topological polar surface area (TPSA) is 89.6 Å². The fraction of sp³-hybridized carbons (Fsp3) is 0.143. The number of rotatable bonds is 6. The van der Waals surface area contributed by atoms with Crippen LogP contribution in [0.2, 0.25) is 0 Å². The summed E-state index contributed by atoms with van der Waals surface area (Å²) in [5.41, 5.74) is 11.3. The quantitative estimate of drug-likeness (QED) is 0.331. The van der Waals surface area contributed by atoms with Gasteiger partial charge >= 0.3 is 11.9 Å². The predicted octanol–water partition coefficient (Wildman–Crippen LogP) is 4.90. The van der Waals surface area contributed by atoms with Crippen LogP contribution in [-0.4, -0.2) is 23.7 Å². The zero-order valence-electron chi connectivity index (χ0n) is 17.8. The molecule has 2 atom stereocenters. The zero-order valence-corrected chi connectivity index (χ0v) is 17.8. The molecule has 33 heavy (non-hydrogen) atoms. The minimum absolute atomic E-state index is 0.0545. The Morgan fingerprint density at radius 2 is 1.39 bits per heavy atom. The highest BCUT2D eigenvalue weighted by Gasteiger charge is 2.37. The van der Waals surface area contributed by atoms with Crippen LogP contribution < -0.4 is 5.73 Å². The van der Waals surface area contributed by atoms with Crippen LogP contribution in [-0.2, 0) is 14.3 Å². The average Bonchev–Trinajstić information content (AvgIpc) is 3.16. The van der Waals surface area contributed by atoms with Crippen molar-refractivity contribution in [2.24, 2.45) is 11.7 Å². The van der Waals surface area contributed by atoms with Gasteiger partial charge in [0, 0.05) is 5.92 Å². The van der Waals surface area contributed by atoms with Gasteiger partial charge in [0.2, 0.25) is 0 Å². The summed E-state index contributed by atoms with van der Waals surface area (Å²) in [6, 6.07) is 28.0. The molecule has 0 fully saturated rings. The highest BCUT2D eigenvalue weighted by Crippen LogP contribution is 2.44. The van der Waals surface area contributed by atoms with Crippen molar-refractivity contribution in [3.05, 3.63) is 108 Å². The van der Waals surface area contributed by atoms with Crippen molar-refractivity contribution in [3.8, 4) is 11.1 Å². The maximum atomic E-state index is 13.0. The molecule has 1 aliphatic carbocycles. The molecule has 0 unspecified atom stereocenters. The Kier molecular flexibility index (Phi) is 5.40. The Bertz CT molecular complexity index is 1310. The average molecular weight is 437 g/mol. The first-order valence-corrected chi connectivity index (χ1v) is 10.9. The highest BCUT2D eigenvalue weighted by molar-refractivity contribution is 5.96. The maximum absolute atomic E-state index is 13.0. The minimum Gasteiger partial charge on any atom is -0.481 e. The summed E-state index contributed by atoms with van der Waals surface area (Å²) in [6.45, 7) is 0.0545. The van der Waals surface area contributed by atoms with E-state index in [0.29, 0.717) is 5.56 Å². The number of carboxylic acids is 1. The van der Waals surface area contributed by atoms with E-state index in [-0.39, 0.29) is 12.5 Å². The molecule has 0 radical (unpaired) electrons. The van der Waals surface area contributed by atoms with Crippen LogP contribution in [0.4, 0.5) is 0 Å². The van der Waals surface area contributed by atoms with E-state index in [9.17, 15) is 14.7 Å². The second-order valence-corrected chi connectivity index (χ2v) is 8.27. The number of esters is 1. The second kappa shape index (κ2) is 8.52. The smallest absolute Gasteiger partial charge is 0.322 e. The molecule has 0 bridgehead atoms. The summed E-state index contributed by atoms with van der Waals surface area (Å²) < 4.78 is 5.62. The summed E-state index contributed by atoms with van der Waals surface area (Å²) in [6.07, 6.45) is 0. The Morgan fingerprint density at radius 1 is 0.818 bits per heavy atom. The van der Waals surface area contributed by atoms with Crippen LogP contribution in [0.5, 0.6) is 0 Å². The summed E-state index contributed by atoms with van der Waals surface area (Å²) in [4.78, 5) is 25.1. The van der Waals surface area contributed by atoms with Gasteiger partial charge in [0.15, 0.2) is 5.92 Å². The normalized spacial score (nSPS) is 14.3. The van der Waals surface area contributed by atoms with E-state index in [4.69, 9.17) is 10.5 Å². The summed E-state index contributed by atoms with van der Waals surface area (Å²) in [5.74, 6) is -3.79. The summed E-state index contributed by atoms with van der Waals surface area (Å²) in [5, 5.41) is 11.6. The van der Waals surface area contributed by atoms with Gasteiger partial charge < -0.3 is 15.6 Å². The molecule has 0 saturated heterocycles. The Balaban J connectivity index is 1.41. The number of hydrogen-bond donors (Lipinski definition) is 2. The van der Waals surface area contributed by atoms with Gasteiger partial charge in [0.25, 0.3) is 0 Å². The van der Waals surface area contributed by atoms with E-state index in [1.165, 1.54) is 0 Å². The first-order valence-electron chi connectivity index (χ1n) is 10.9. The van der Waals surface area contributed by atoms with E-state index < -0.39 is 23.9 Å². The lowest BCUT2D eigenvalue weighted by Crippen LogP contribution is -2.36. The van der Waals surface area contributed by atoms with Crippen LogP contribution in [0.15, 0.2) is 91.0 Å². The number of fused-ring (bicyclic) bond motifs is 4. The van der Waals surface area contributed by atoms with Crippen molar-refractivity contribution in [3.63, 3.8) is 0 Å². The molecule has 0 aliphatic heterocycles. The fourth-order valence-electron chi connectivity index (χ4n) is 4.82. The molecule has 0 spiro atoms. The number of carbonyl (C=O) groups is 2. The van der Waals surface area contributed by atoms with Crippen LogP contribution in [0.1, 0.15) is 28.7 Å². The van der Waals surface area contributed by atoms with Crippen molar-refractivity contribution in [1.82, 2.24) is 0 Å². The van der Waals surface area contributed by atoms with Gasteiger partial charge in [-0.2, -0.15) is 0 Å². The second-order valence-electron chi connectivity index (χ2n) is 8.27. The lowest BCUT2D eigenvalue weighted by atomic mass is 9.90. The van der Waals surface area contributed by atoms with Gasteiger partial charge in [-0.15, -0.1) is 0 Å². The lowest BCUT2D eigenvalue weighted by Gasteiger charge is -2.22. The minimum atomic E-state index is -1.51. The van der Waals surface area contributed by atoms with Crippen molar-refractivity contribution in [1.29, 1.82) is 0 Å². The lowest BCUT2D eigenvalue weighted by molar-refractivity contribution is -0.160.